The number of amidine groups is 1. The third kappa shape index (κ3) is 3.80. The Morgan fingerprint density at radius 1 is 1.71 bits per heavy atom. The van der Waals surface area contributed by atoms with Crippen molar-refractivity contribution >= 4 is 11.9 Å². The van der Waals surface area contributed by atoms with Gasteiger partial charge >= 0.3 is 6.03 Å². The van der Waals surface area contributed by atoms with Crippen molar-refractivity contribution in [2.24, 2.45) is 16.8 Å². The van der Waals surface area contributed by atoms with Crippen LogP contribution in [0.5, 0.6) is 0 Å². The number of urea groups is 1. The van der Waals surface area contributed by atoms with Crippen molar-refractivity contribution in [1.29, 1.82) is 0 Å². The third-order valence-corrected chi connectivity index (χ3v) is 3.12. The van der Waals surface area contributed by atoms with E-state index >= 15 is 0 Å². The average Bonchev–Trinajstić information content (AvgIpc) is 2.34. The van der Waals surface area contributed by atoms with Crippen LogP contribution < -0.4 is 11.1 Å². The highest BCUT2D eigenvalue weighted by Gasteiger charge is 2.23. The Hall–Kier alpha value is -1.46. The molecule has 4 N–H and O–H groups in total. The SMILES string of the molecule is CCC(NC(=O)N1CCCC(C)C1)C(N)=NO. The average molecular weight is 242 g/mol. The summed E-state index contributed by atoms with van der Waals surface area (Å²) in [5, 5.41) is 14.3. The number of nitrogens with zero attached hydrogens (tertiary/aromatic N) is 2. The highest BCUT2D eigenvalue weighted by molar-refractivity contribution is 5.89. The van der Waals surface area contributed by atoms with Crippen LogP contribution in [0.25, 0.3) is 0 Å². The van der Waals surface area contributed by atoms with Gasteiger partial charge in [-0.05, 0) is 25.2 Å². The number of rotatable bonds is 3. The Bertz CT molecular complexity index is 293. The highest BCUT2D eigenvalue weighted by Crippen LogP contribution is 2.15. The summed E-state index contributed by atoms with van der Waals surface area (Å²) in [5.41, 5.74) is 5.50. The number of hydrogen-bond acceptors (Lipinski definition) is 3. The van der Waals surface area contributed by atoms with Gasteiger partial charge in [0.1, 0.15) is 0 Å². The van der Waals surface area contributed by atoms with Crippen LogP contribution in [0, 0.1) is 5.92 Å². The molecule has 0 spiro atoms. The molecule has 1 saturated heterocycles. The molecule has 6 nitrogen and oxygen atoms in total. The van der Waals surface area contributed by atoms with E-state index in [1.807, 2.05) is 6.92 Å². The molecule has 2 atom stereocenters. The van der Waals surface area contributed by atoms with E-state index in [2.05, 4.69) is 17.4 Å². The first kappa shape index (κ1) is 13.6. The van der Waals surface area contributed by atoms with Gasteiger partial charge in [-0.3, -0.25) is 0 Å². The lowest BCUT2D eigenvalue weighted by Crippen LogP contribution is -2.51. The van der Waals surface area contributed by atoms with Gasteiger partial charge in [-0.1, -0.05) is 19.0 Å². The summed E-state index contributed by atoms with van der Waals surface area (Å²) in [6.45, 7) is 5.57. The largest absolute Gasteiger partial charge is 0.409 e. The normalized spacial score (nSPS) is 23.3. The number of amides is 2. The summed E-state index contributed by atoms with van der Waals surface area (Å²) in [6.07, 6.45) is 2.81. The standard InChI is InChI=1S/C11H22N4O2/c1-3-9(10(12)14-17)13-11(16)15-6-4-5-8(2)7-15/h8-9,17H,3-7H2,1-2H3,(H2,12,14)(H,13,16). The zero-order valence-corrected chi connectivity index (χ0v) is 10.5. The number of piperidine rings is 1. The van der Waals surface area contributed by atoms with E-state index in [1.54, 1.807) is 4.90 Å². The van der Waals surface area contributed by atoms with Crippen LogP contribution in [0.1, 0.15) is 33.1 Å². The van der Waals surface area contributed by atoms with E-state index in [0.29, 0.717) is 12.3 Å². The molecule has 0 bridgehead atoms. The Morgan fingerprint density at radius 2 is 2.41 bits per heavy atom. The topological polar surface area (TPSA) is 91.0 Å². The van der Waals surface area contributed by atoms with Crippen LogP contribution in [0.2, 0.25) is 0 Å². The van der Waals surface area contributed by atoms with Gasteiger partial charge < -0.3 is 21.2 Å². The van der Waals surface area contributed by atoms with Crippen molar-refractivity contribution in [1.82, 2.24) is 10.2 Å². The lowest BCUT2D eigenvalue weighted by Gasteiger charge is -2.32. The number of oxime groups is 1. The highest BCUT2D eigenvalue weighted by atomic mass is 16.4. The van der Waals surface area contributed by atoms with E-state index in [0.717, 1.165) is 19.5 Å². The number of nitrogens with one attached hydrogen (secondary N) is 1. The minimum absolute atomic E-state index is 0.0471. The number of carbonyl (C=O) groups excluding carboxylic acids is 1. The van der Waals surface area contributed by atoms with Crippen molar-refractivity contribution in [2.75, 3.05) is 13.1 Å². The van der Waals surface area contributed by atoms with Crippen LogP contribution in [-0.2, 0) is 0 Å². The van der Waals surface area contributed by atoms with Gasteiger partial charge in [-0.15, -0.1) is 0 Å². The molecule has 1 aliphatic heterocycles. The van der Waals surface area contributed by atoms with E-state index in [1.165, 1.54) is 6.42 Å². The lowest BCUT2D eigenvalue weighted by atomic mass is 10.0. The van der Waals surface area contributed by atoms with Crippen molar-refractivity contribution in [2.45, 2.75) is 39.2 Å². The number of carbonyl (C=O) groups is 1. The second-order valence-electron chi connectivity index (χ2n) is 4.63. The molecule has 2 amide bonds. The summed E-state index contributed by atoms with van der Waals surface area (Å²) in [7, 11) is 0. The van der Waals surface area contributed by atoms with Gasteiger partial charge in [0.2, 0.25) is 0 Å². The molecule has 98 valence electrons. The first-order valence-electron chi connectivity index (χ1n) is 6.11. The summed E-state index contributed by atoms with van der Waals surface area (Å²) in [4.78, 5) is 13.7. The first-order valence-corrected chi connectivity index (χ1v) is 6.11. The smallest absolute Gasteiger partial charge is 0.317 e. The molecule has 6 heteroatoms. The maximum absolute atomic E-state index is 12.0. The molecule has 2 unspecified atom stereocenters. The third-order valence-electron chi connectivity index (χ3n) is 3.12. The predicted octanol–water partition coefficient (Wildman–Crippen LogP) is 0.953. The maximum atomic E-state index is 12.0. The Labute approximate surface area is 102 Å². The van der Waals surface area contributed by atoms with Crippen molar-refractivity contribution in [3.05, 3.63) is 0 Å². The van der Waals surface area contributed by atoms with E-state index in [4.69, 9.17) is 10.9 Å². The molecule has 17 heavy (non-hydrogen) atoms. The predicted molar refractivity (Wildman–Crippen MR) is 66.0 cm³/mol. The molecule has 0 aromatic heterocycles. The van der Waals surface area contributed by atoms with Crippen molar-refractivity contribution in [3.63, 3.8) is 0 Å². The molecule has 1 rings (SSSR count). The summed E-state index contributed by atoms with van der Waals surface area (Å²) < 4.78 is 0. The van der Waals surface area contributed by atoms with Gasteiger partial charge in [0.05, 0.1) is 6.04 Å². The van der Waals surface area contributed by atoms with Gasteiger partial charge in [0.15, 0.2) is 5.84 Å². The fourth-order valence-corrected chi connectivity index (χ4v) is 2.07. The van der Waals surface area contributed by atoms with Crippen molar-refractivity contribution in [3.8, 4) is 0 Å². The minimum Gasteiger partial charge on any atom is -0.409 e. The molecule has 1 aliphatic rings. The maximum Gasteiger partial charge on any atom is 0.317 e. The van der Waals surface area contributed by atoms with Crippen LogP contribution >= 0.6 is 0 Å². The molecule has 0 aliphatic carbocycles. The van der Waals surface area contributed by atoms with Gasteiger partial charge in [-0.25, -0.2) is 4.79 Å². The Balaban J connectivity index is 2.52. The lowest BCUT2D eigenvalue weighted by molar-refractivity contribution is 0.168. The van der Waals surface area contributed by atoms with Crippen LogP contribution in [0.4, 0.5) is 4.79 Å². The molecule has 0 aromatic carbocycles. The van der Waals surface area contributed by atoms with Gasteiger partial charge in [0, 0.05) is 13.1 Å². The number of hydrogen-bond donors (Lipinski definition) is 3. The first-order chi connectivity index (χ1) is 8.08. The molecule has 0 saturated carbocycles. The number of nitrogens with two attached hydrogens (primary N) is 1. The fraction of sp³-hybridized carbons (Fsp3) is 0.818. The molecular weight excluding hydrogens is 220 g/mol. The van der Waals surface area contributed by atoms with Crippen LogP contribution in [0.3, 0.4) is 0 Å². The summed E-state index contributed by atoms with van der Waals surface area (Å²) in [5.74, 6) is 0.587. The second-order valence-corrected chi connectivity index (χ2v) is 4.63. The van der Waals surface area contributed by atoms with E-state index in [9.17, 15) is 4.79 Å². The minimum atomic E-state index is -0.398. The quantitative estimate of drug-likeness (QED) is 0.298. The van der Waals surface area contributed by atoms with Crippen LogP contribution in [-0.4, -0.2) is 41.1 Å². The zero-order valence-electron chi connectivity index (χ0n) is 10.5. The molecule has 1 heterocycles. The van der Waals surface area contributed by atoms with Crippen molar-refractivity contribution < 1.29 is 10.0 Å². The molecule has 0 aromatic rings. The zero-order chi connectivity index (χ0) is 12.8. The summed E-state index contributed by atoms with van der Waals surface area (Å²) >= 11 is 0. The fourth-order valence-electron chi connectivity index (χ4n) is 2.07. The molecular formula is C11H22N4O2. The Kier molecular flexibility index (Phi) is 5.06. The number of likely N-dealkylation sites (tertiary alicyclic amines) is 1. The second kappa shape index (κ2) is 6.32. The van der Waals surface area contributed by atoms with Gasteiger partial charge in [-0.2, -0.15) is 0 Å². The summed E-state index contributed by atoms with van der Waals surface area (Å²) in [6, 6.07) is -0.528. The van der Waals surface area contributed by atoms with Gasteiger partial charge in [0.25, 0.3) is 0 Å². The van der Waals surface area contributed by atoms with Crippen LogP contribution in [0.15, 0.2) is 5.16 Å². The van der Waals surface area contributed by atoms with E-state index < -0.39 is 6.04 Å². The van der Waals surface area contributed by atoms with E-state index in [-0.39, 0.29) is 11.9 Å². The monoisotopic (exact) mass is 242 g/mol. The Morgan fingerprint density at radius 3 is 2.94 bits per heavy atom. The molecule has 0 radical (unpaired) electrons. The molecule has 1 fully saturated rings.